The van der Waals surface area contributed by atoms with Gasteiger partial charge in [-0.25, -0.2) is 0 Å². The monoisotopic (exact) mass is 703 g/mol. The summed E-state index contributed by atoms with van der Waals surface area (Å²) in [7, 11) is 1.71. The van der Waals surface area contributed by atoms with Crippen molar-refractivity contribution in [1.82, 2.24) is 9.80 Å². The Bertz CT molecular complexity index is 1640. The number of cyclic esters (lactones) is 1. The number of likely N-dealkylation sites (tertiary alicyclic amines) is 1. The van der Waals surface area contributed by atoms with Crippen LogP contribution in [0.15, 0.2) is 72.8 Å². The van der Waals surface area contributed by atoms with Gasteiger partial charge in [0.25, 0.3) is 5.91 Å². The van der Waals surface area contributed by atoms with Crippen molar-refractivity contribution in [3.05, 3.63) is 89.0 Å². The largest absolute Gasteiger partial charge is 0.455 e. The second-order valence-corrected chi connectivity index (χ2v) is 14.2. The first-order valence-electron chi connectivity index (χ1n) is 17.6. The standard InChI is InChI=1S/C39H46ClN3O7/c1-25-15-14-18-28(40)33(25)42-22-12-7-10-19-30(45)41(3)26(2)34(27-16-8-6-9-17-27)49-38(48)31-29-20-21-39(50-29)32(31)36(46)43(35(39)37(42)47)23-11-4-5-13-24-44/h6-9,12,14-18,20-21,26,29,31-32,34-35,44H,4-5,10-11,13,19,22-24H2,1-3H3/b12-7-/t26-,29+,31-,32-,34+,35+,39-/m0/s1. The van der Waals surface area contributed by atoms with E-state index in [1.165, 1.54) is 0 Å². The summed E-state index contributed by atoms with van der Waals surface area (Å²) in [6.45, 7) is 4.25. The highest BCUT2D eigenvalue weighted by Gasteiger charge is 2.73. The number of rotatable bonds is 8. The Balaban J connectivity index is 1.45. The Labute approximate surface area is 298 Å². The maximum atomic E-state index is 15.1. The number of likely N-dealkylation sites (N-methyl/N-ethyl adjacent to an activating group) is 1. The van der Waals surface area contributed by atoms with Gasteiger partial charge in [0.15, 0.2) is 0 Å². The van der Waals surface area contributed by atoms with Gasteiger partial charge in [0, 0.05) is 33.2 Å². The molecule has 2 saturated heterocycles. The number of carbonyl (C=O) groups excluding carboxylic acids is 4. The molecule has 3 amide bonds. The van der Waals surface area contributed by atoms with Crippen molar-refractivity contribution < 1.29 is 33.8 Å². The summed E-state index contributed by atoms with van der Waals surface area (Å²) >= 11 is 6.77. The van der Waals surface area contributed by atoms with Crippen LogP contribution in [0.3, 0.4) is 0 Å². The Morgan fingerprint density at radius 2 is 1.72 bits per heavy atom. The van der Waals surface area contributed by atoms with Crippen LogP contribution in [-0.4, -0.2) is 89.1 Å². The number of unbranched alkanes of at least 4 members (excludes halogenated alkanes) is 3. The number of aliphatic hydroxyl groups excluding tert-OH is 1. The van der Waals surface area contributed by atoms with Gasteiger partial charge in [0.1, 0.15) is 23.7 Å². The maximum absolute atomic E-state index is 15.1. The van der Waals surface area contributed by atoms with Crippen LogP contribution in [0.2, 0.25) is 5.02 Å². The number of hydrogen-bond acceptors (Lipinski definition) is 7. The topological polar surface area (TPSA) is 117 Å². The highest BCUT2D eigenvalue weighted by atomic mass is 35.5. The van der Waals surface area contributed by atoms with Gasteiger partial charge in [0.2, 0.25) is 11.8 Å². The fraction of sp³-hybridized carbons (Fsp3) is 0.487. The van der Waals surface area contributed by atoms with Gasteiger partial charge in [-0.05, 0) is 50.3 Å². The number of nitrogens with zero attached hydrogens (tertiary/aromatic N) is 3. The average molecular weight is 704 g/mol. The van der Waals surface area contributed by atoms with Crippen LogP contribution >= 0.6 is 11.6 Å². The van der Waals surface area contributed by atoms with Crippen molar-refractivity contribution in [3.63, 3.8) is 0 Å². The quantitative estimate of drug-likeness (QED) is 0.229. The fourth-order valence-electron chi connectivity index (χ4n) is 8.01. The molecule has 0 aromatic heterocycles. The van der Waals surface area contributed by atoms with E-state index in [-0.39, 0.29) is 43.8 Å². The lowest BCUT2D eigenvalue weighted by molar-refractivity contribution is -0.164. The Morgan fingerprint density at radius 3 is 2.46 bits per heavy atom. The molecule has 5 bridgehead atoms. The Kier molecular flexibility index (Phi) is 10.8. The number of carbonyl (C=O) groups is 4. The molecule has 0 saturated carbocycles. The Morgan fingerprint density at radius 1 is 0.960 bits per heavy atom. The average Bonchev–Trinajstić information content (AvgIpc) is 3.75. The number of esters is 1. The molecule has 1 spiro atoms. The van der Waals surface area contributed by atoms with Gasteiger partial charge in [-0.2, -0.15) is 0 Å². The number of ether oxygens (including phenoxy) is 2. The number of allylic oxidation sites excluding steroid dienone is 1. The number of hydrogen-bond donors (Lipinski definition) is 1. The first kappa shape index (κ1) is 35.8. The van der Waals surface area contributed by atoms with Crippen LogP contribution in [0.1, 0.15) is 62.7 Å². The molecule has 6 rings (SSSR count). The van der Waals surface area contributed by atoms with Gasteiger partial charge in [-0.3, -0.25) is 19.2 Å². The third kappa shape index (κ3) is 6.49. The first-order valence-corrected chi connectivity index (χ1v) is 18.0. The summed E-state index contributed by atoms with van der Waals surface area (Å²) in [5, 5.41) is 9.68. The van der Waals surface area contributed by atoms with Gasteiger partial charge in [0.05, 0.1) is 28.8 Å². The lowest BCUT2D eigenvalue weighted by atomic mass is 9.74. The molecule has 4 aliphatic heterocycles. The number of benzene rings is 2. The zero-order valence-corrected chi connectivity index (χ0v) is 29.6. The second-order valence-electron chi connectivity index (χ2n) is 13.7. The van der Waals surface area contributed by atoms with Crippen LogP contribution < -0.4 is 4.90 Å². The van der Waals surface area contributed by atoms with Crippen molar-refractivity contribution in [2.24, 2.45) is 11.8 Å². The van der Waals surface area contributed by atoms with Gasteiger partial charge < -0.3 is 29.3 Å². The minimum atomic E-state index is -1.39. The zero-order chi connectivity index (χ0) is 35.6. The van der Waals surface area contributed by atoms with E-state index in [4.69, 9.17) is 21.1 Å². The van der Waals surface area contributed by atoms with E-state index in [9.17, 15) is 19.5 Å². The molecule has 4 heterocycles. The number of amides is 3. The van der Waals surface area contributed by atoms with Crippen molar-refractivity contribution >= 4 is 41.0 Å². The van der Waals surface area contributed by atoms with Crippen LogP contribution in [0, 0.1) is 18.8 Å². The molecule has 266 valence electrons. The number of halogens is 1. The highest BCUT2D eigenvalue weighted by molar-refractivity contribution is 6.34. The van der Waals surface area contributed by atoms with Crippen LogP contribution in [0.5, 0.6) is 0 Å². The molecule has 0 aliphatic carbocycles. The van der Waals surface area contributed by atoms with Gasteiger partial charge >= 0.3 is 5.97 Å². The third-order valence-electron chi connectivity index (χ3n) is 10.7. The maximum Gasteiger partial charge on any atom is 0.313 e. The van der Waals surface area contributed by atoms with E-state index < -0.39 is 47.7 Å². The number of aliphatic hydroxyl groups is 1. The summed E-state index contributed by atoms with van der Waals surface area (Å²) in [5.41, 5.74) is 0.644. The highest BCUT2D eigenvalue weighted by Crippen LogP contribution is 2.56. The van der Waals surface area contributed by atoms with Crippen LogP contribution in [0.4, 0.5) is 5.69 Å². The normalized spacial score (nSPS) is 30.6. The molecular weight excluding hydrogens is 658 g/mol. The SMILES string of the molecule is Cc1cccc(Cl)c1N1C/C=C\CCC(=O)N(C)[C@@H](C)[C@H](c2ccccc2)OC(=O)[C@@H]2[C@H]3C(=O)N(CCCCCCO)[C@H](C1=O)[C@]31C=C[C@H]2O1. The van der Waals surface area contributed by atoms with Crippen molar-refractivity contribution in [2.45, 2.75) is 82.3 Å². The van der Waals surface area contributed by atoms with E-state index in [2.05, 4.69) is 0 Å². The predicted molar refractivity (Wildman–Crippen MR) is 189 cm³/mol. The molecule has 1 N–H and O–H groups in total. The number of anilines is 1. The number of aryl methyl sites for hydroxylation is 1. The fourth-order valence-corrected chi connectivity index (χ4v) is 8.34. The minimum Gasteiger partial charge on any atom is -0.455 e. The lowest BCUT2D eigenvalue weighted by Gasteiger charge is -2.36. The van der Waals surface area contributed by atoms with E-state index in [0.717, 1.165) is 24.0 Å². The van der Waals surface area contributed by atoms with E-state index in [0.29, 0.717) is 30.0 Å². The molecule has 2 aromatic carbocycles. The summed E-state index contributed by atoms with van der Waals surface area (Å²) in [6, 6.07) is 13.1. The molecular formula is C39H46ClN3O7. The molecule has 10 nitrogen and oxygen atoms in total. The summed E-state index contributed by atoms with van der Waals surface area (Å²) in [4.78, 5) is 62.3. The summed E-state index contributed by atoms with van der Waals surface area (Å²) in [6.07, 6.45) is 9.18. The van der Waals surface area contributed by atoms with Crippen molar-refractivity contribution in [3.8, 4) is 0 Å². The molecule has 2 aromatic rings. The third-order valence-corrected chi connectivity index (χ3v) is 11.0. The molecule has 7 atom stereocenters. The number of fused-ring (bicyclic) bond motifs is 2. The van der Waals surface area contributed by atoms with E-state index >= 15 is 4.79 Å². The number of para-hydroxylation sites is 1. The second kappa shape index (κ2) is 15.1. The Hall–Kier alpha value is -3.99. The lowest BCUT2D eigenvalue weighted by Crippen LogP contribution is -2.56. The molecule has 50 heavy (non-hydrogen) atoms. The zero-order valence-electron chi connectivity index (χ0n) is 28.9. The van der Waals surface area contributed by atoms with Gasteiger partial charge in [-0.15, -0.1) is 0 Å². The molecule has 2 fully saturated rings. The van der Waals surface area contributed by atoms with Crippen LogP contribution in [-0.2, 0) is 28.7 Å². The molecule has 0 radical (unpaired) electrons. The van der Waals surface area contributed by atoms with E-state index in [1.54, 1.807) is 40.0 Å². The molecule has 4 aliphatic rings. The van der Waals surface area contributed by atoms with Crippen LogP contribution in [0.25, 0.3) is 0 Å². The molecule has 11 heteroatoms. The van der Waals surface area contributed by atoms with E-state index in [1.807, 2.05) is 68.5 Å². The predicted octanol–water partition coefficient (Wildman–Crippen LogP) is 5.17. The smallest absolute Gasteiger partial charge is 0.313 e. The molecule has 0 unspecified atom stereocenters. The van der Waals surface area contributed by atoms with Crippen molar-refractivity contribution in [1.29, 1.82) is 0 Å². The van der Waals surface area contributed by atoms with Gasteiger partial charge in [-0.1, -0.05) is 91.2 Å². The summed E-state index contributed by atoms with van der Waals surface area (Å²) < 4.78 is 12.9. The minimum absolute atomic E-state index is 0.0883. The first-order chi connectivity index (χ1) is 24.1. The van der Waals surface area contributed by atoms with Crippen molar-refractivity contribution in [2.75, 3.05) is 31.6 Å². The summed E-state index contributed by atoms with van der Waals surface area (Å²) in [5.74, 6) is -3.40.